The number of hydrazone groups is 2. The third-order valence-electron chi connectivity index (χ3n) is 6.34. The number of phenols is 1. The van der Waals surface area contributed by atoms with Gasteiger partial charge in [0.05, 0.1) is 10.7 Å². The van der Waals surface area contributed by atoms with Crippen molar-refractivity contribution in [3.05, 3.63) is 62.5 Å². The summed E-state index contributed by atoms with van der Waals surface area (Å²) in [5.74, 6) is -2.44. The first-order valence-corrected chi connectivity index (χ1v) is 16.2. The number of benzene rings is 2. The van der Waals surface area contributed by atoms with Gasteiger partial charge < -0.3 is 28.8 Å². The second-order valence-electron chi connectivity index (χ2n) is 9.90. The Morgan fingerprint density at radius 3 is 2.24 bits per heavy atom. The number of esters is 4. The lowest BCUT2D eigenvalue weighted by atomic mass is 9.99. The number of amidine groups is 1. The number of aromatic hydroxyl groups is 1. The molecule has 2 aliphatic rings. The van der Waals surface area contributed by atoms with Crippen molar-refractivity contribution in [2.45, 2.75) is 63.0 Å². The fourth-order valence-corrected chi connectivity index (χ4v) is 7.02. The number of phenolic OH excluding ortho intramolecular Hbond substituents is 1. The van der Waals surface area contributed by atoms with Crippen LogP contribution in [0.2, 0.25) is 0 Å². The molecule has 1 saturated heterocycles. The van der Waals surface area contributed by atoms with E-state index in [-0.39, 0.29) is 12.4 Å². The van der Waals surface area contributed by atoms with Crippen molar-refractivity contribution in [1.82, 2.24) is 10.4 Å². The highest BCUT2D eigenvalue weighted by Crippen LogP contribution is 2.38. The summed E-state index contributed by atoms with van der Waals surface area (Å²) in [4.78, 5) is 48.3. The fourth-order valence-electron chi connectivity index (χ4n) is 4.55. The first-order chi connectivity index (χ1) is 21.8. The Hall–Kier alpha value is -3.67. The zero-order valence-corrected chi connectivity index (χ0v) is 28.9. The topological polar surface area (TPSA) is 175 Å². The highest BCUT2D eigenvalue weighted by Gasteiger charge is 2.53. The molecule has 0 aromatic heterocycles. The van der Waals surface area contributed by atoms with Crippen LogP contribution in [0.15, 0.2) is 61.6 Å². The largest absolute Gasteiger partial charge is 0.506 e. The molecular weight excluding hydrogens is 756 g/mol. The highest BCUT2D eigenvalue weighted by atomic mass is 79.9. The predicted molar refractivity (Wildman–Crippen MR) is 172 cm³/mol. The minimum atomic E-state index is -1.33. The summed E-state index contributed by atoms with van der Waals surface area (Å²) in [7, 11) is 0. The molecule has 2 heterocycles. The summed E-state index contributed by atoms with van der Waals surface area (Å²) >= 11 is 7.78. The van der Waals surface area contributed by atoms with Gasteiger partial charge in [0, 0.05) is 43.3 Å². The van der Waals surface area contributed by atoms with Gasteiger partial charge in [0.1, 0.15) is 23.9 Å². The van der Waals surface area contributed by atoms with Crippen LogP contribution in [0.3, 0.4) is 0 Å². The van der Waals surface area contributed by atoms with E-state index in [1.165, 1.54) is 25.1 Å². The molecule has 2 N–H and O–H groups in total. The minimum absolute atomic E-state index is 0.0407. The van der Waals surface area contributed by atoms with Gasteiger partial charge in [0.25, 0.3) is 0 Å². The Morgan fingerprint density at radius 2 is 1.61 bits per heavy atom. The number of nitrogens with one attached hydrogen (secondary N) is 1. The second-order valence-corrected chi connectivity index (χ2v) is 12.9. The molecule has 0 radical (unpaired) electrons. The summed E-state index contributed by atoms with van der Waals surface area (Å²) < 4.78 is 29.2. The van der Waals surface area contributed by atoms with Crippen LogP contribution in [-0.4, -0.2) is 88.0 Å². The summed E-state index contributed by atoms with van der Waals surface area (Å²) in [6.07, 6.45) is -3.59. The van der Waals surface area contributed by atoms with E-state index in [2.05, 4.69) is 47.5 Å². The van der Waals surface area contributed by atoms with Gasteiger partial charge in [0.2, 0.25) is 0 Å². The lowest BCUT2D eigenvalue weighted by Crippen LogP contribution is -2.62. The molecule has 17 heteroatoms. The van der Waals surface area contributed by atoms with Gasteiger partial charge in [-0.3, -0.25) is 24.6 Å². The van der Waals surface area contributed by atoms with Gasteiger partial charge in [-0.1, -0.05) is 58.0 Å². The van der Waals surface area contributed by atoms with Crippen LogP contribution >= 0.6 is 43.6 Å². The number of thioether (sulfide) groups is 1. The number of nitrogens with zero attached hydrogens (tertiary/aromatic N) is 3. The van der Waals surface area contributed by atoms with Crippen LogP contribution in [0.4, 0.5) is 0 Å². The number of ether oxygens (including phenoxy) is 5. The Morgan fingerprint density at radius 1 is 0.978 bits per heavy atom. The van der Waals surface area contributed by atoms with E-state index >= 15 is 0 Å². The Kier molecular flexibility index (Phi) is 12.0. The van der Waals surface area contributed by atoms with Crippen LogP contribution in [0.5, 0.6) is 5.75 Å². The van der Waals surface area contributed by atoms with Crippen LogP contribution in [0, 0.1) is 0 Å². The predicted octanol–water partition coefficient (Wildman–Crippen LogP) is 3.62. The Balaban J connectivity index is 1.73. The van der Waals surface area contributed by atoms with Crippen molar-refractivity contribution in [3.8, 4) is 5.75 Å². The molecule has 46 heavy (non-hydrogen) atoms. The first-order valence-electron chi connectivity index (χ1n) is 13.7. The average molecular weight is 786 g/mol. The van der Waals surface area contributed by atoms with Crippen molar-refractivity contribution >= 4 is 79.5 Å². The molecule has 0 aliphatic carbocycles. The summed E-state index contributed by atoms with van der Waals surface area (Å²) in [5.41, 5.74) is 2.17. The van der Waals surface area contributed by atoms with Crippen molar-refractivity contribution < 1.29 is 48.0 Å². The molecule has 14 nitrogen and oxygen atoms in total. The number of halogens is 2. The van der Waals surface area contributed by atoms with Crippen LogP contribution < -0.4 is 5.43 Å². The van der Waals surface area contributed by atoms with Crippen molar-refractivity contribution in [3.63, 3.8) is 0 Å². The standard InChI is InChI=1S/C29H30Br2N4O10S/c1-14(36)41-13-22-24(42-15(2)37)25(43-16(3)38)26(44-17(4)39)28(45-22)46-29-34-33-27(18-8-6-5-7-9-18)35(29)32-12-19-10-20(30)11-21(31)23(19)40/h5-12,22,24-26,28-29,34,40H,13H2,1-4H3/b32-12+/t22-,24-,25+,26-,28+,29?/m1/s1. The SMILES string of the molecule is CC(=O)OC[C@H]1O[C@@H](SC2NN=C(c3ccccc3)N2/N=C/c2cc(Br)cc(Br)c2O)[C@H](OC(C)=O)[C@@H](OC(C)=O)[C@@H]1OC(C)=O. The van der Waals surface area contributed by atoms with E-state index in [0.29, 0.717) is 25.9 Å². The van der Waals surface area contributed by atoms with Gasteiger partial charge in [-0.15, -0.1) is 0 Å². The van der Waals surface area contributed by atoms with E-state index in [0.717, 1.165) is 25.6 Å². The molecule has 1 fully saturated rings. The lowest BCUT2D eigenvalue weighted by molar-refractivity contribution is -0.237. The Labute approximate surface area is 285 Å². The molecule has 2 aromatic rings. The molecule has 4 rings (SSSR count). The summed E-state index contributed by atoms with van der Waals surface area (Å²) in [5, 5.41) is 21.3. The lowest BCUT2D eigenvalue weighted by Gasteiger charge is -2.44. The van der Waals surface area contributed by atoms with E-state index < -0.39 is 59.2 Å². The van der Waals surface area contributed by atoms with Crippen LogP contribution in [0.1, 0.15) is 38.8 Å². The smallest absolute Gasteiger partial charge is 0.303 e. The van der Waals surface area contributed by atoms with E-state index in [1.807, 2.05) is 30.3 Å². The van der Waals surface area contributed by atoms with Gasteiger partial charge in [-0.2, -0.15) is 10.2 Å². The maximum absolute atomic E-state index is 12.3. The molecule has 2 aliphatic heterocycles. The summed E-state index contributed by atoms with van der Waals surface area (Å²) in [6, 6.07) is 12.5. The molecule has 0 bridgehead atoms. The van der Waals surface area contributed by atoms with E-state index in [1.54, 1.807) is 12.1 Å². The molecule has 0 amide bonds. The van der Waals surface area contributed by atoms with E-state index in [4.69, 9.17) is 23.7 Å². The monoisotopic (exact) mass is 784 g/mol. The third kappa shape index (κ3) is 8.98. The summed E-state index contributed by atoms with van der Waals surface area (Å²) in [6.45, 7) is 4.31. The molecule has 0 spiro atoms. The molecule has 1 unspecified atom stereocenters. The maximum Gasteiger partial charge on any atom is 0.303 e. The van der Waals surface area contributed by atoms with Crippen LogP contribution in [0.25, 0.3) is 0 Å². The highest BCUT2D eigenvalue weighted by molar-refractivity contribution is 9.11. The van der Waals surface area contributed by atoms with Gasteiger partial charge in [-0.05, 0) is 28.1 Å². The van der Waals surface area contributed by atoms with Gasteiger partial charge >= 0.3 is 23.9 Å². The third-order valence-corrected chi connectivity index (χ3v) is 8.61. The molecule has 2 aromatic carbocycles. The van der Waals surface area contributed by atoms with Crippen molar-refractivity contribution in [2.24, 2.45) is 10.2 Å². The fraction of sp³-hybridized carbons (Fsp3) is 0.379. The van der Waals surface area contributed by atoms with E-state index in [9.17, 15) is 24.3 Å². The molecule has 0 saturated carbocycles. The average Bonchev–Trinajstić information content (AvgIpc) is 3.38. The van der Waals surface area contributed by atoms with Crippen molar-refractivity contribution in [2.75, 3.05) is 6.61 Å². The zero-order valence-electron chi connectivity index (χ0n) is 24.9. The number of rotatable bonds is 10. The van der Waals surface area contributed by atoms with Crippen LogP contribution in [-0.2, 0) is 42.9 Å². The number of hydrogen-bond donors (Lipinski definition) is 2. The molecule has 246 valence electrons. The maximum atomic E-state index is 12.3. The van der Waals surface area contributed by atoms with Crippen molar-refractivity contribution in [1.29, 1.82) is 0 Å². The molecule has 6 atom stereocenters. The minimum Gasteiger partial charge on any atom is -0.506 e. The number of carbonyl (C=O) groups excluding carboxylic acids is 4. The zero-order chi connectivity index (χ0) is 33.5. The second kappa shape index (κ2) is 15.8. The quantitative estimate of drug-likeness (QED) is 0.203. The van der Waals surface area contributed by atoms with Gasteiger partial charge in [0.15, 0.2) is 29.6 Å². The normalized spacial score (nSPS) is 24.1. The number of carbonyl (C=O) groups is 4. The first kappa shape index (κ1) is 35.2. The Bertz CT molecular complexity index is 1530. The molecular formula is C29H30Br2N4O10S. The number of hydrogen-bond acceptors (Lipinski definition) is 15. The van der Waals surface area contributed by atoms with Gasteiger partial charge in [-0.25, -0.2) is 5.01 Å².